The summed E-state index contributed by atoms with van der Waals surface area (Å²) in [5.41, 5.74) is 5.84. The molecule has 0 aliphatic heterocycles. The lowest BCUT2D eigenvalue weighted by Gasteiger charge is -2.01. The molecular formula is C7H6Br2N2OS2. The molecule has 0 radical (unpaired) electrons. The van der Waals surface area contributed by atoms with Crippen molar-refractivity contribution in [2.45, 2.75) is 0 Å². The zero-order valence-electron chi connectivity index (χ0n) is 6.84. The first-order valence-corrected chi connectivity index (χ1v) is 6.33. The first-order chi connectivity index (χ1) is 6.50. The van der Waals surface area contributed by atoms with Crippen LogP contribution in [-0.2, 0) is 0 Å². The minimum Gasteiger partial charge on any atom is -0.392 e. The summed E-state index contributed by atoms with van der Waals surface area (Å²) < 4.78 is 1.68. The van der Waals surface area contributed by atoms with Crippen molar-refractivity contribution in [1.82, 2.24) is 5.32 Å². The summed E-state index contributed by atoms with van der Waals surface area (Å²) in [6, 6.07) is 1.74. The van der Waals surface area contributed by atoms with Crippen LogP contribution in [0.4, 0.5) is 0 Å². The van der Waals surface area contributed by atoms with E-state index in [1.807, 2.05) is 0 Å². The summed E-state index contributed by atoms with van der Waals surface area (Å²) in [7, 11) is 0. The maximum Gasteiger partial charge on any atom is 0.253 e. The predicted molar refractivity (Wildman–Crippen MR) is 68.8 cm³/mol. The third-order valence-corrected chi connectivity index (χ3v) is 3.81. The molecule has 7 heteroatoms. The minimum atomic E-state index is -0.188. The molecule has 0 bridgehead atoms. The SMILES string of the molecule is NC(=S)CNC(=O)c1cc(Br)sc1Br. The van der Waals surface area contributed by atoms with Crippen molar-refractivity contribution in [1.29, 1.82) is 0 Å². The van der Waals surface area contributed by atoms with Gasteiger partial charge in [0, 0.05) is 0 Å². The number of halogens is 2. The molecule has 0 spiro atoms. The molecule has 1 heterocycles. The molecule has 76 valence electrons. The molecule has 0 atom stereocenters. The van der Waals surface area contributed by atoms with Gasteiger partial charge in [-0.2, -0.15) is 0 Å². The third kappa shape index (κ3) is 3.30. The van der Waals surface area contributed by atoms with Gasteiger partial charge in [0.25, 0.3) is 5.91 Å². The summed E-state index contributed by atoms with van der Waals surface area (Å²) in [5.74, 6) is -0.188. The van der Waals surface area contributed by atoms with E-state index in [0.717, 1.165) is 7.57 Å². The summed E-state index contributed by atoms with van der Waals surface area (Å²) in [6.45, 7) is 0.216. The molecule has 1 aromatic heterocycles. The fourth-order valence-corrected chi connectivity index (χ4v) is 3.62. The second-order valence-corrected chi connectivity index (χ2v) is 6.66. The molecule has 0 saturated heterocycles. The maximum atomic E-state index is 11.5. The Hall–Kier alpha value is 0.0200. The molecule has 0 aliphatic rings. The van der Waals surface area contributed by atoms with Crippen LogP contribution in [0.3, 0.4) is 0 Å². The van der Waals surface area contributed by atoms with Gasteiger partial charge >= 0.3 is 0 Å². The van der Waals surface area contributed by atoms with E-state index in [4.69, 9.17) is 5.73 Å². The second kappa shape index (κ2) is 5.20. The van der Waals surface area contributed by atoms with Gasteiger partial charge in [-0.15, -0.1) is 11.3 Å². The standard InChI is InChI=1S/C7H6Br2N2OS2/c8-4-1-3(6(9)14-4)7(12)11-2-5(10)13/h1H,2H2,(H2,10,13)(H,11,12). The largest absolute Gasteiger partial charge is 0.392 e. The van der Waals surface area contributed by atoms with Gasteiger partial charge in [0.05, 0.1) is 24.7 Å². The first-order valence-electron chi connectivity index (χ1n) is 3.52. The average molecular weight is 358 g/mol. The van der Waals surface area contributed by atoms with E-state index < -0.39 is 0 Å². The van der Waals surface area contributed by atoms with Gasteiger partial charge in [-0.1, -0.05) is 12.2 Å². The maximum absolute atomic E-state index is 11.5. The smallest absolute Gasteiger partial charge is 0.253 e. The molecule has 0 saturated carbocycles. The van der Waals surface area contributed by atoms with Crippen LogP contribution in [0.15, 0.2) is 13.6 Å². The Kier molecular flexibility index (Phi) is 4.49. The van der Waals surface area contributed by atoms with Crippen molar-refractivity contribution in [3.63, 3.8) is 0 Å². The highest BCUT2D eigenvalue weighted by atomic mass is 79.9. The second-order valence-electron chi connectivity index (χ2n) is 2.39. The van der Waals surface area contributed by atoms with Crippen LogP contribution in [0.5, 0.6) is 0 Å². The van der Waals surface area contributed by atoms with Crippen LogP contribution in [0, 0.1) is 0 Å². The molecule has 0 fully saturated rings. The Morgan fingerprint density at radius 2 is 2.29 bits per heavy atom. The average Bonchev–Trinajstić information content (AvgIpc) is 2.41. The Balaban J connectivity index is 2.69. The molecule has 0 aliphatic carbocycles. The Bertz CT molecular complexity index is 378. The number of nitrogens with one attached hydrogen (secondary N) is 1. The molecule has 0 aromatic carbocycles. The monoisotopic (exact) mass is 356 g/mol. The molecule has 1 rings (SSSR count). The number of carbonyl (C=O) groups is 1. The van der Waals surface area contributed by atoms with Gasteiger partial charge in [-0.3, -0.25) is 4.79 Å². The highest BCUT2D eigenvalue weighted by molar-refractivity contribution is 9.12. The van der Waals surface area contributed by atoms with Gasteiger partial charge in [0.15, 0.2) is 0 Å². The normalized spacial score (nSPS) is 9.86. The Morgan fingerprint density at radius 3 is 2.71 bits per heavy atom. The fraction of sp³-hybridized carbons (Fsp3) is 0.143. The van der Waals surface area contributed by atoms with E-state index >= 15 is 0 Å². The molecule has 3 N–H and O–H groups in total. The highest BCUT2D eigenvalue weighted by Gasteiger charge is 2.12. The van der Waals surface area contributed by atoms with Crippen molar-refractivity contribution in [3.05, 3.63) is 19.2 Å². The van der Waals surface area contributed by atoms with E-state index in [0.29, 0.717) is 5.56 Å². The number of hydrogen-bond donors (Lipinski definition) is 2. The van der Waals surface area contributed by atoms with Gasteiger partial charge < -0.3 is 11.1 Å². The summed E-state index contributed by atoms with van der Waals surface area (Å²) in [5, 5.41) is 2.60. The van der Waals surface area contributed by atoms with Gasteiger partial charge in [0.1, 0.15) is 0 Å². The number of nitrogens with two attached hydrogens (primary N) is 1. The zero-order valence-corrected chi connectivity index (χ0v) is 11.6. The number of thiocarbonyl (C=S) groups is 1. The van der Waals surface area contributed by atoms with Gasteiger partial charge in [-0.05, 0) is 37.9 Å². The molecular weight excluding hydrogens is 352 g/mol. The number of amides is 1. The topological polar surface area (TPSA) is 55.1 Å². The van der Waals surface area contributed by atoms with Crippen molar-refractivity contribution in [2.24, 2.45) is 5.73 Å². The predicted octanol–water partition coefficient (Wildman–Crippen LogP) is 2.29. The van der Waals surface area contributed by atoms with Crippen LogP contribution >= 0.6 is 55.4 Å². The number of hydrogen-bond acceptors (Lipinski definition) is 3. The number of rotatable bonds is 3. The van der Waals surface area contributed by atoms with Crippen LogP contribution in [0.1, 0.15) is 10.4 Å². The van der Waals surface area contributed by atoms with Crippen molar-refractivity contribution >= 4 is 66.3 Å². The van der Waals surface area contributed by atoms with Crippen LogP contribution in [0.2, 0.25) is 0 Å². The van der Waals surface area contributed by atoms with E-state index in [9.17, 15) is 4.79 Å². The highest BCUT2D eigenvalue weighted by Crippen LogP contribution is 2.31. The number of thiophene rings is 1. The van der Waals surface area contributed by atoms with Crippen LogP contribution in [-0.4, -0.2) is 17.4 Å². The quantitative estimate of drug-likeness (QED) is 0.816. The lowest BCUT2D eigenvalue weighted by Crippen LogP contribution is -2.32. The Morgan fingerprint density at radius 1 is 1.64 bits per heavy atom. The van der Waals surface area contributed by atoms with Crippen molar-refractivity contribution in [2.75, 3.05) is 6.54 Å². The molecule has 3 nitrogen and oxygen atoms in total. The van der Waals surface area contributed by atoms with Crippen LogP contribution < -0.4 is 11.1 Å². The number of carbonyl (C=O) groups excluding carboxylic acids is 1. The third-order valence-electron chi connectivity index (χ3n) is 1.32. The summed E-state index contributed by atoms with van der Waals surface area (Å²) >= 11 is 12.7. The van der Waals surface area contributed by atoms with E-state index in [1.54, 1.807) is 6.07 Å². The fourth-order valence-electron chi connectivity index (χ4n) is 0.758. The minimum absolute atomic E-state index is 0.188. The van der Waals surface area contributed by atoms with Crippen LogP contribution in [0.25, 0.3) is 0 Å². The molecule has 1 amide bonds. The first kappa shape index (κ1) is 12.1. The summed E-state index contributed by atoms with van der Waals surface area (Å²) in [4.78, 5) is 11.8. The van der Waals surface area contributed by atoms with Gasteiger partial charge in [0.2, 0.25) is 0 Å². The molecule has 1 aromatic rings. The van der Waals surface area contributed by atoms with E-state index in [2.05, 4.69) is 49.4 Å². The van der Waals surface area contributed by atoms with Crippen molar-refractivity contribution in [3.8, 4) is 0 Å². The van der Waals surface area contributed by atoms with Crippen molar-refractivity contribution < 1.29 is 4.79 Å². The molecule has 14 heavy (non-hydrogen) atoms. The lowest BCUT2D eigenvalue weighted by molar-refractivity contribution is 0.0959. The zero-order chi connectivity index (χ0) is 10.7. The van der Waals surface area contributed by atoms with E-state index in [-0.39, 0.29) is 17.4 Å². The van der Waals surface area contributed by atoms with Gasteiger partial charge in [-0.25, -0.2) is 0 Å². The molecule has 0 unspecified atom stereocenters. The lowest BCUT2D eigenvalue weighted by atomic mass is 10.3. The van der Waals surface area contributed by atoms with E-state index in [1.165, 1.54) is 11.3 Å². The summed E-state index contributed by atoms with van der Waals surface area (Å²) in [6.07, 6.45) is 0. The Labute approximate surface area is 107 Å².